The summed E-state index contributed by atoms with van der Waals surface area (Å²) < 4.78 is 0. The summed E-state index contributed by atoms with van der Waals surface area (Å²) in [4.78, 5) is 24.8. The van der Waals surface area contributed by atoms with Gasteiger partial charge in [0.15, 0.2) is 5.69 Å². The summed E-state index contributed by atoms with van der Waals surface area (Å²) in [5.41, 5.74) is -1.11. The van der Waals surface area contributed by atoms with Gasteiger partial charge in [0.05, 0.1) is 11.7 Å². The average molecular weight is 297 g/mol. The van der Waals surface area contributed by atoms with Crippen LogP contribution in [0.1, 0.15) is 21.5 Å². The first-order valence-corrected chi connectivity index (χ1v) is 6.03. The summed E-state index contributed by atoms with van der Waals surface area (Å²) in [7, 11) is 0. The van der Waals surface area contributed by atoms with Gasteiger partial charge in [-0.05, 0) is 13.0 Å². The van der Waals surface area contributed by atoms with E-state index in [1.807, 2.05) is 0 Å². The van der Waals surface area contributed by atoms with Gasteiger partial charge < -0.3 is 15.0 Å². The maximum atomic E-state index is 11.8. The molecule has 2 rings (SSSR count). The summed E-state index contributed by atoms with van der Waals surface area (Å²) in [5, 5.41) is 36.8. The third-order valence-corrected chi connectivity index (χ3v) is 2.91. The van der Waals surface area contributed by atoms with E-state index in [1.165, 1.54) is 25.1 Å². The van der Waals surface area contributed by atoms with Crippen LogP contribution in [0.3, 0.4) is 0 Å². The lowest BCUT2D eigenvalue weighted by Crippen LogP contribution is -2.22. The number of carboxylic acids is 1. The molecule has 1 aromatic carbocycles. The number of aromatic hydroxyl groups is 1. The van der Waals surface area contributed by atoms with Crippen LogP contribution >= 0.6 is 0 Å². The average Bonchev–Trinajstić information content (AvgIpc) is 2.47. The second-order valence-corrected chi connectivity index (χ2v) is 4.27. The highest BCUT2D eigenvalue weighted by Crippen LogP contribution is 2.25. The monoisotopic (exact) mass is 297 g/mol. The van der Waals surface area contributed by atoms with Crippen molar-refractivity contribution in [3.05, 3.63) is 51.3 Å². The number of carboxylic acid groups (broad SMARTS) is 1. The third-order valence-electron chi connectivity index (χ3n) is 2.91. The molecule has 1 heterocycles. The molecule has 22 heavy (non-hydrogen) atoms. The number of hydrogen-bond acceptors (Lipinski definition) is 7. The number of H-pyrrole nitrogens is 1. The van der Waals surface area contributed by atoms with Gasteiger partial charge in [0.25, 0.3) is 5.56 Å². The number of aromatic amines is 1. The van der Waals surface area contributed by atoms with E-state index in [2.05, 4.69) is 15.2 Å². The van der Waals surface area contributed by atoms with E-state index in [-0.39, 0.29) is 28.1 Å². The van der Waals surface area contributed by atoms with Gasteiger partial charge in [0, 0.05) is 11.1 Å². The number of nitrogens with zero attached hydrogens (tertiary/aromatic N) is 3. The second-order valence-electron chi connectivity index (χ2n) is 4.27. The third kappa shape index (κ3) is 2.69. The summed E-state index contributed by atoms with van der Waals surface area (Å²) in [6.45, 7) is 1.42. The van der Waals surface area contributed by atoms with E-state index in [1.54, 1.807) is 12.1 Å². The minimum Gasteiger partial charge on any atom is -0.545 e. The van der Waals surface area contributed by atoms with Gasteiger partial charge in [-0.15, -0.1) is 10.2 Å². The predicted molar refractivity (Wildman–Crippen MR) is 73.1 cm³/mol. The van der Waals surface area contributed by atoms with Gasteiger partial charge in [-0.2, -0.15) is 5.26 Å². The molecule has 0 atom stereocenters. The van der Waals surface area contributed by atoms with E-state index in [9.17, 15) is 19.8 Å². The van der Waals surface area contributed by atoms with Crippen molar-refractivity contribution < 1.29 is 15.0 Å². The van der Waals surface area contributed by atoms with Gasteiger partial charge >= 0.3 is 0 Å². The molecule has 0 saturated heterocycles. The maximum Gasteiger partial charge on any atom is 0.278 e. The Bertz CT molecular complexity index is 877. The van der Waals surface area contributed by atoms with Crippen molar-refractivity contribution in [2.45, 2.75) is 6.92 Å². The standard InChI is InChI=1S/C14H10N4O4/c1-7-9(6-15)12(19)16-13(20)11(7)18-17-10-5-3-2-4-8(10)14(21)22/h2-5H,1H3,(H,21,22)(H2,16,19,20)/p-1. The molecule has 0 aliphatic rings. The molecule has 0 amide bonds. The number of nitriles is 1. The molecular weight excluding hydrogens is 288 g/mol. The molecule has 0 aliphatic heterocycles. The van der Waals surface area contributed by atoms with Crippen LogP contribution < -0.4 is 10.7 Å². The molecule has 8 heteroatoms. The summed E-state index contributed by atoms with van der Waals surface area (Å²) in [6, 6.07) is 7.46. The molecule has 0 aliphatic carbocycles. The molecule has 0 unspecified atom stereocenters. The van der Waals surface area contributed by atoms with Crippen LogP contribution in [0.15, 0.2) is 39.3 Å². The summed E-state index contributed by atoms with van der Waals surface area (Å²) >= 11 is 0. The van der Waals surface area contributed by atoms with E-state index in [0.717, 1.165) is 0 Å². The number of aromatic nitrogens is 1. The Labute approximate surface area is 124 Å². The smallest absolute Gasteiger partial charge is 0.278 e. The summed E-state index contributed by atoms with van der Waals surface area (Å²) in [6.07, 6.45) is 0. The zero-order chi connectivity index (χ0) is 16.3. The van der Waals surface area contributed by atoms with Gasteiger partial charge in [-0.1, -0.05) is 18.2 Å². The Kier molecular flexibility index (Phi) is 3.99. The lowest BCUT2D eigenvalue weighted by Gasteiger charge is -2.05. The van der Waals surface area contributed by atoms with Gasteiger partial charge in [0.2, 0.25) is 5.88 Å². The zero-order valence-electron chi connectivity index (χ0n) is 11.3. The Morgan fingerprint density at radius 3 is 2.68 bits per heavy atom. The molecular formula is C14H9N4O4-. The van der Waals surface area contributed by atoms with E-state index in [0.29, 0.717) is 0 Å². The first-order valence-electron chi connectivity index (χ1n) is 6.03. The number of carbonyl (C=O) groups excluding carboxylic acids is 1. The molecule has 0 radical (unpaired) electrons. The van der Waals surface area contributed by atoms with Gasteiger partial charge in [-0.3, -0.25) is 9.78 Å². The predicted octanol–water partition coefficient (Wildman–Crippen LogP) is 1.04. The first kappa shape index (κ1) is 14.9. The van der Waals surface area contributed by atoms with Crippen LogP contribution in [-0.4, -0.2) is 16.1 Å². The maximum absolute atomic E-state index is 11.8. The summed E-state index contributed by atoms with van der Waals surface area (Å²) in [5.74, 6) is -1.98. The van der Waals surface area contributed by atoms with Gasteiger partial charge in [-0.25, -0.2) is 0 Å². The highest BCUT2D eigenvalue weighted by Gasteiger charge is 2.13. The molecule has 8 nitrogen and oxygen atoms in total. The van der Waals surface area contributed by atoms with Crippen molar-refractivity contribution >= 4 is 17.3 Å². The molecule has 2 N–H and O–H groups in total. The molecule has 110 valence electrons. The molecule has 0 bridgehead atoms. The Morgan fingerprint density at radius 2 is 2.05 bits per heavy atom. The van der Waals surface area contributed by atoms with Crippen molar-refractivity contribution in [3.8, 4) is 11.9 Å². The van der Waals surface area contributed by atoms with Gasteiger partial charge in [0.1, 0.15) is 11.6 Å². The lowest BCUT2D eigenvalue weighted by molar-refractivity contribution is -0.254. The fraction of sp³-hybridized carbons (Fsp3) is 0.0714. The first-order chi connectivity index (χ1) is 10.5. The number of azo groups is 1. The molecule has 0 fully saturated rings. The molecule has 0 spiro atoms. The minimum absolute atomic E-state index is 0.00730. The number of hydrogen-bond donors (Lipinski definition) is 2. The van der Waals surface area contributed by atoms with E-state index in [4.69, 9.17) is 5.26 Å². The SMILES string of the molecule is Cc1c(C#N)c(O)[nH]c(=O)c1N=Nc1ccccc1C(=O)[O-]. The van der Waals surface area contributed by atoms with Crippen LogP contribution in [0.25, 0.3) is 0 Å². The number of aromatic carboxylic acids is 1. The highest BCUT2D eigenvalue weighted by atomic mass is 16.4. The second kappa shape index (κ2) is 5.88. The Morgan fingerprint density at radius 1 is 1.36 bits per heavy atom. The number of pyridine rings is 1. The Hall–Kier alpha value is -3.47. The van der Waals surface area contributed by atoms with Crippen LogP contribution in [0, 0.1) is 18.3 Å². The number of rotatable bonds is 3. The minimum atomic E-state index is -1.43. The lowest BCUT2D eigenvalue weighted by atomic mass is 10.1. The largest absolute Gasteiger partial charge is 0.545 e. The fourth-order valence-electron chi connectivity index (χ4n) is 1.79. The zero-order valence-corrected chi connectivity index (χ0v) is 11.3. The number of benzene rings is 1. The van der Waals surface area contributed by atoms with E-state index >= 15 is 0 Å². The van der Waals surface area contributed by atoms with Crippen molar-refractivity contribution in [3.63, 3.8) is 0 Å². The molecule has 0 saturated carbocycles. The highest BCUT2D eigenvalue weighted by molar-refractivity contribution is 5.91. The van der Waals surface area contributed by atoms with Crippen molar-refractivity contribution in [1.82, 2.24) is 4.98 Å². The molecule has 2 aromatic rings. The number of nitrogens with one attached hydrogen (secondary N) is 1. The topological polar surface area (TPSA) is 142 Å². The van der Waals surface area contributed by atoms with Crippen LogP contribution in [0.5, 0.6) is 5.88 Å². The van der Waals surface area contributed by atoms with E-state index < -0.39 is 17.4 Å². The normalized spacial score (nSPS) is 10.5. The quantitative estimate of drug-likeness (QED) is 0.814. The Balaban J connectivity index is 2.56. The van der Waals surface area contributed by atoms with Crippen molar-refractivity contribution in [2.75, 3.05) is 0 Å². The fourth-order valence-corrected chi connectivity index (χ4v) is 1.79. The van der Waals surface area contributed by atoms with Crippen LogP contribution in [0.2, 0.25) is 0 Å². The van der Waals surface area contributed by atoms with Crippen LogP contribution in [0.4, 0.5) is 11.4 Å². The van der Waals surface area contributed by atoms with Crippen molar-refractivity contribution in [2.24, 2.45) is 10.2 Å². The van der Waals surface area contributed by atoms with Crippen molar-refractivity contribution in [1.29, 1.82) is 5.26 Å². The molecule has 1 aromatic heterocycles. The van der Waals surface area contributed by atoms with Crippen LogP contribution in [-0.2, 0) is 0 Å². The number of carbonyl (C=O) groups is 1.